The lowest BCUT2D eigenvalue weighted by molar-refractivity contribution is -0.302. The zero-order valence-electron chi connectivity index (χ0n) is 43.1. The van der Waals surface area contributed by atoms with E-state index < -0.39 is 43.1 Å². The van der Waals surface area contributed by atoms with E-state index in [-0.39, 0.29) is 31.8 Å². The van der Waals surface area contributed by atoms with Crippen LogP contribution >= 0.6 is 0 Å². The lowest BCUT2D eigenvalue weighted by atomic mass is 9.98. The molecule has 2 aliphatic rings. The van der Waals surface area contributed by atoms with Gasteiger partial charge in [0.05, 0.1) is 58.9 Å². The second-order valence-corrected chi connectivity index (χ2v) is 19.0. The Morgan fingerprint density at radius 1 is 0.632 bits per heavy atom. The first-order chi connectivity index (χ1) is 33.2. The van der Waals surface area contributed by atoms with Gasteiger partial charge in [-0.05, 0) is 84.1 Å². The molecule has 2 aliphatic heterocycles. The van der Waals surface area contributed by atoms with Gasteiger partial charge in [0.25, 0.3) is 0 Å². The Labute approximate surface area is 413 Å². The number of nitrogens with one attached hydrogen (secondary N) is 1. The molecule has 0 spiro atoms. The number of likely N-dealkylation sites (N-methyl/N-ethyl adjacent to an activating group) is 1. The van der Waals surface area contributed by atoms with Crippen molar-refractivity contribution in [2.24, 2.45) is 0 Å². The molecule has 0 radical (unpaired) electrons. The first-order valence-electron chi connectivity index (χ1n) is 27.2. The molecule has 0 aromatic heterocycles. The second-order valence-electron chi connectivity index (χ2n) is 19.0. The minimum atomic E-state index is -1.49. The fourth-order valence-corrected chi connectivity index (χ4v) is 8.58. The van der Waals surface area contributed by atoms with E-state index in [2.05, 4.69) is 67.8 Å². The molecule has 0 aromatic carbocycles. The largest absolute Gasteiger partial charge is 0.394 e. The zero-order chi connectivity index (χ0) is 49.2. The van der Waals surface area contributed by atoms with Crippen molar-refractivity contribution in [2.45, 2.75) is 223 Å². The SMILES string of the molecule is CCCCC/C=C\C/C=C\CCCCCCCCC1(CCCCCCCC/C=C\C/C=C\CCCCC)OC[C@H](CN(C)CC(=O)NCCOCCOCCO[C@@H]2OC(CO)[C@@H](O)[C@H](O)C2O)O1. The van der Waals surface area contributed by atoms with Crippen LogP contribution in [0.2, 0.25) is 0 Å². The Hall–Kier alpha value is -2.01. The molecule has 2 unspecified atom stereocenters. The highest BCUT2D eigenvalue weighted by Gasteiger charge is 2.44. The van der Waals surface area contributed by atoms with Gasteiger partial charge in [-0.3, -0.25) is 9.69 Å². The van der Waals surface area contributed by atoms with E-state index in [0.29, 0.717) is 39.5 Å². The predicted molar refractivity (Wildman–Crippen MR) is 273 cm³/mol. The molecule has 68 heavy (non-hydrogen) atoms. The summed E-state index contributed by atoms with van der Waals surface area (Å²) in [4.78, 5) is 14.7. The van der Waals surface area contributed by atoms with Crippen LogP contribution in [-0.4, -0.2) is 147 Å². The Kier molecular flexibility index (Phi) is 39.0. The summed E-state index contributed by atoms with van der Waals surface area (Å²) in [6, 6.07) is 0. The lowest BCUT2D eigenvalue weighted by Gasteiger charge is -2.39. The van der Waals surface area contributed by atoms with Crippen LogP contribution in [0.3, 0.4) is 0 Å². The average Bonchev–Trinajstić information content (AvgIpc) is 3.73. The minimum Gasteiger partial charge on any atom is -0.394 e. The molecule has 0 aliphatic carbocycles. The number of amides is 1. The number of hydrogen-bond donors (Lipinski definition) is 5. The number of ether oxygens (including phenoxy) is 6. The molecule has 2 fully saturated rings. The highest BCUT2D eigenvalue weighted by molar-refractivity contribution is 5.77. The van der Waals surface area contributed by atoms with Gasteiger partial charge in [0.2, 0.25) is 5.91 Å². The number of aliphatic hydroxyl groups excluding tert-OH is 4. The number of aliphatic hydroxyl groups is 4. The van der Waals surface area contributed by atoms with Crippen molar-refractivity contribution >= 4 is 5.91 Å². The van der Waals surface area contributed by atoms with Gasteiger partial charge in [0.15, 0.2) is 12.1 Å². The van der Waals surface area contributed by atoms with Crippen molar-refractivity contribution < 1.29 is 53.6 Å². The summed E-state index contributed by atoms with van der Waals surface area (Å²) in [6.07, 6.45) is 43.2. The number of unbranched alkanes of at least 4 members (excludes halogenated alkanes) is 18. The molecule has 2 saturated heterocycles. The number of rotatable bonds is 45. The van der Waals surface area contributed by atoms with E-state index in [9.17, 15) is 25.2 Å². The molecular formula is C55H100N2O11. The number of hydrogen-bond acceptors (Lipinski definition) is 12. The van der Waals surface area contributed by atoms with Gasteiger partial charge in [-0.1, -0.05) is 140 Å². The third-order valence-electron chi connectivity index (χ3n) is 12.7. The van der Waals surface area contributed by atoms with Crippen LogP contribution in [0, 0.1) is 0 Å². The van der Waals surface area contributed by atoms with Gasteiger partial charge >= 0.3 is 0 Å². The highest BCUT2D eigenvalue weighted by Crippen LogP contribution is 2.35. The number of allylic oxidation sites excluding steroid dienone is 8. The van der Waals surface area contributed by atoms with Crippen molar-refractivity contribution in [1.29, 1.82) is 0 Å². The molecule has 2 heterocycles. The van der Waals surface area contributed by atoms with Crippen LogP contribution in [-0.2, 0) is 33.2 Å². The highest BCUT2D eigenvalue weighted by atomic mass is 16.7. The molecule has 13 nitrogen and oxygen atoms in total. The molecule has 2 rings (SSSR count). The molecule has 13 heteroatoms. The molecule has 6 atom stereocenters. The maximum atomic E-state index is 12.7. The van der Waals surface area contributed by atoms with Crippen molar-refractivity contribution in [2.75, 3.05) is 72.9 Å². The summed E-state index contributed by atoms with van der Waals surface area (Å²) >= 11 is 0. The third-order valence-corrected chi connectivity index (χ3v) is 12.7. The van der Waals surface area contributed by atoms with Crippen molar-refractivity contribution in [1.82, 2.24) is 10.2 Å². The normalized spacial score (nSPS) is 22.1. The van der Waals surface area contributed by atoms with E-state index in [1.807, 2.05) is 11.9 Å². The van der Waals surface area contributed by atoms with Gasteiger partial charge < -0.3 is 54.2 Å². The maximum absolute atomic E-state index is 12.7. The van der Waals surface area contributed by atoms with Crippen LogP contribution < -0.4 is 5.32 Å². The zero-order valence-corrected chi connectivity index (χ0v) is 43.1. The van der Waals surface area contributed by atoms with Gasteiger partial charge in [-0.25, -0.2) is 0 Å². The first kappa shape index (κ1) is 62.1. The third kappa shape index (κ3) is 31.4. The smallest absolute Gasteiger partial charge is 0.234 e. The van der Waals surface area contributed by atoms with E-state index in [1.165, 1.54) is 128 Å². The van der Waals surface area contributed by atoms with Crippen LogP contribution in [0.1, 0.15) is 181 Å². The number of carbonyl (C=O) groups excluding carboxylic acids is 1. The lowest BCUT2D eigenvalue weighted by Crippen LogP contribution is -2.59. The minimum absolute atomic E-state index is 0.0683. The summed E-state index contributed by atoms with van der Waals surface area (Å²) in [7, 11) is 1.95. The van der Waals surface area contributed by atoms with Crippen molar-refractivity contribution in [3.05, 3.63) is 48.6 Å². The first-order valence-corrected chi connectivity index (χ1v) is 27.2. The van der Waals surface area contributed by atoms with E-state index >= 15 is 0 Å². The van der Waals surface area contributed by atoms with Crippen LogP contribution in [0.4, 0.5) is 0 Å². The van der Waals surface area contributed by atoms with E-state index in [4.69, 9.17) is 28.4 Å². The summed E-state index contributed by atoms with van der Waals surface area (Å²) in [5.74, 6) is -0.609. The van der Waals surface area contributed by atoms with Crippen molar-refractivity contribution in [3.63, 3.8) is 0 Å². The Morgan fingerprint density at radius 3 is 1.65 bits per heavy atom. The molecular weight excluding hydrogens is 865 g/mol. The van der Waals surface area contributed by atoms with Gasteiger partial charge in [-0.2, -0.15) is 0 Å². The molecule has 1 amide bonds. The van der Waals surface area contributed by atoms with Gasteiger partial charge in [-0.15, -0.1) is 0 Å². The molecule has 0 bridgehead atoms. The molecule has 0 saturated carbocycles. The molecule has 5 N–H and O–H groups in total. The fourth-order valence-electron chi connectivity index (χ4n) is 8.58. The van der Waals surface area contributed by atoms with Crippen LogP contribution in [0.25, 0.3) is 0 Å². The standard InChI is InChI=1S/C55H100N2O11/c1-4-6-8-10-12-14-16-18-20-22-24-26-28-30-32-34-36-55(37-35-33-31-29-27-25-23-21-19-17-15-13-11-9-7-5-2)66-47-48(68-55)44-57(3)45-50(59)56-38-39-63-40-41-64-42-43-65-54-53(62)52(61)51(60)49(46-58)67-54/h12-15,18-21,48-49,51-54,58,60-62H,4-11,16-17,22-47H2,1-3H3,(H,56,59)/b14-12-,15-13-,20-18-,21-19-/t48-,49?,51+,52-,53?,54+/m0/s1. The summed E-state index contributed by atoms with van der Waals surface area (Å²) in [5, 5.41) is 42.0. The Morgan fingerprint density at radius 2 is 1.12 bits per heavy atom. The Balaban J connectivity index is 1.63. The summed E-state index contributed by atoms with van der Waals surface area (Å²) in [5.41, 5.74) is 0. The molecule has 396 valence electrons. The number of carbonyl (C=O) groups is 1. The topological polar surface area (TPSA) is 169 Å². The fraction of sp³-hybridized carbons (Fsp3) is 0.836. The summed E-state index contributed by atoms with van der Waals surface area (Å²) in [6.45, 7) is 6.99. The Bertz CT molecular complexity index is 1250. The monoisotopic (exact) mass is 965 g/mol. The maximum Gasteiger partial charge on any atom is 0.234 e. The van der Waals surface area contributed by atoms with E-state index in [1.54, 1.807) is 0 Å². The van der Waals surface area contributed by atoms with Crippen LogP contribution in [0.5, 0.6) is 0 Å². The van der Waals surface area contributed by atoms with Crippen molar-refractivity contribution in [3.8, 4) is 0 Å². The summed E-state index contributed by atoms with van der Waals surface area (Å²) < 4.78 is 35.1. The van der Waals surface area contributed by atoms with E-state index in [0.717, 1.165) is 38.5 Å². The predicted octanol–water partition coefficient (Wildman–Crippen LogP) is 9.40. The second kappa shape index (κ2) is 42.7. The quantitative estimate of drug-likeness (QED) is 0.0290. The number of nitrogens with zero attached hydrogens (tertiary/aromatic N) is 1. The van der Waals surface area contributed by atoms with Gasteiger partial charge in [0.1, 0.15) is 24.4 Å². The van der Waals surface area contributed by atoms with Gasteiger partial charge in [0, 0.05) is 25.9 Å². The molecule has 0 aromatic rings. The average molecular weight is 965 g/mol. The van der Waals surface area contributed by atoms with Crippen LogP contribution in [0.15, 0.2) is 48.6 Å².